The third kappa shape index (κ3) is 8.93. The molecule has 8 nitrogen and oxygen atoms in total. The first-order valence-corrected chi connectivity index (χ1v) is 9.17. The molecule has 2 unspecified atom stereocenters. The molecule has 0 saturated heterocycles. The standard InChI is InChI=1S/C14H21ClN4O4S/c1-19(10-12-7-5-9-22-12)24(21)11-13(23-14(15)20)6-3-2-4-8-17-18-16/h5,7,9,13H,2-4,6,8,10-11H2,1H3. The normalized spacial score (nSPS) is 13.3. The molecular formula is C14H21ClN4O4S. The zero-order chi connectivity index (χ0) is 17.8. The number of halogens is 1. The lowest BCUT2D eigenvalue weighted by atomic mass is 10.1. The van der Waals surface area contributed by atoms with Crippen LogP contribution in [0.1, 0.15) is 31.4 Å². The number of nitrogens with zero attached hydrogens (tertiary/aromatic N) is 4. The molecule has 0 radical (unpaired) electrons. The summed E-state index contributed by atoms with van der Waals surface area (Å²) in [5.74, 6) is 0.876. The average Bonchev–Trinajstić information content (AvgIpc) is 3.02. The molecule has 24 heavy (non-hydrogen) atoms. The van der Waals surface area contributed by atoms with E-state index in [1.807, 2.05) is 0 Å². The first-order chi connectivity index (χ1) is 11.5. The summed E-state index contributed by atoms with van der Waals surface area (Å²) >= 11 is 5.29. The van der Waals surface area contributed by atoms with Crippen molar-refractivity contribution in [1.29, 1.82) is 0 Å². The number of hydrogen-bond donors (Lipinski definition) is 0. The SMILES string of the molecule is CN(Cc1ccco1)S(=O)CC(CCCCCN=[N+]=[N-])OC(=O)Cl. The number of carbonyl (C=O) groups excluding carboxylic acids is 1. The van der Waals surface area contributed by atoms with Crippen molar-refractivity contribution >= 4 is 28.0 Å². The van der Waals surface area contributed by atoms with Gasteiger partial charge in [-0.1, -0.05) is 11.5 Å². The van der Waals surface area contributed by atoms with Crippen molar-refractivity contribution in [3.8, 4) is 0 Å². The summed E-state index contributed by atoms with van der Waals surface area (Å²) in [6, 6.07) is 3.56. The van der Waals surface area contributed by atoms with Crippen LogP contribution in [0, 0.1) is 0 Å². The lowest BCUT2D eigenvalue weighted by Crippen LogP contribution is -2.30. The molecule has 0 aliphatic rings. The number of rotatable bonds is 12. The van der Waals surface area contributed by atoms with Crippen molar-refractivity contribution in [3.05, 3.63) is 34.6 Å². The highest BCUT2D eigenvalue weighted by molar-refractivity contribution is 7.82. The van der Waals surface area contributed by atoms with Crippen LogP contribution >= 0.6 is 11.6 Å². The van der Waals surface area contributed by atoms with E-state index in [-0.39, 0.29) is 5.75 Å². The molecule has 0 fully saturated rings. The molecule has 1 aromatic rings. The summed E-state index contributed by atoms with van der Waals surface area (Å²) in [6.45, 7) is 0.835. The maximum absolute atomic E-state index is 12.3. The van der Waals surface area contributed by atoms with Crippen LogP contribution in [-0.2, 0) is 22.3 Å². The van der Waals surface area contributed by atoms with Gasteiger partial charge in [0.1, 0.15) is 11.9 Å². The van der Waals surface area contributed by atoms with Gasteiger partial charge in [0.2, 0.25) is 0 Å². The van der Waals surface area contributed by atoms with Gasteiger partial charge in [0, 0.05) is 30.1 Å². The van der Waals surface area contributed by atoms with Crippen molar-refractivity contribution < 1.29 is 18.2 Å². The van der Waals surface area contributed by atoms with Crippen molar-refractivity contribution in [2.75, 3.05) is 19.3 Å². The summed E-state index contributed by atoms with van der Waals surface area (Å²) in [5, 5.41) is 3.45. The Kier molecular flexibility index (Phi) is 10.2. The predicted molar refractivity (Wildman–Crippen MR) is 91.8 cm³/mol. The van der Waals surface area contributed by atoms with Crippen LogP contribution in [-0.4, -0.2) is 39.4 Å². The van der Waals surface area contributed by atoms with E-state index in [0.717, 1.165) is 19.3 Å². The van der Waals surface area contributed by atoms with Crippen molar-refractivity contribution in [1.82, 2.24) is 4.31 Å². The summed E-state index contributed by atoms with van der Waals surface area (Å²) in [6.07, 6.45) is 3.93. The molecule has 1 aromatic heterocycles. The third-order valence-electron chi connectivity index (χ3n) is 3.24. The van der Waals surface area contributed by atoms with Crippen LogP contribution in [0.2, 0.25) is 0 Å². The molecule has 10 heteroatoms. The van der Waals surface area contributed by atoms with Crippen LogP contribution in [0.15, 0.2) is 27.9 Å². The highest BCUT2D eigenvalue weighted by atomic mass is 35.5. The summed E-state index contributed by atoms with van der Waals surface area (Å²) in [4.78, 5) is 13.7. The Balaban J connectivity index is 2.40. The van der Waals surface area contributed by atoms with Gasteiger partial charge in [-0.3, -0.25) is 0 Å². The number of carbonyl (C=O) groups is 1. The highest BCUT2D eigenvalue weighted by Gasteiger charge is 2.19. The Hall–Kier alpha value is -1.54. The summed E-state index contributed by atoms with van der Waals surface area (Å²) < 4.78 is 24.2. The highest BCUT2D eigenvalue weighted by Crippen LogP contribution is 2.13. The van der Waals surface area contributed by atoms with E-state index in [2.05, 4.69) is 10.0 Å². The molecule has 0 N–H and O–H groups in total. The smallest absolute Gasteiger partial charge is 0.404 e. The van der Waals surface area contributed by atoms with Crippen molar-refractivity contribution in [2.45, 2.75) is 38.3 Å². The van der Waals surface area contributed by atoms with Crippen molar-refractivity contribution in [3.63, 3.8) is 0 Å². The van der Waals surface area contributed by atoms with Gasteiger partial charge in [-0.25, -0.2) is 13.3 Å². The monoisotopic (exact) mass is 376 g/mol. The van der Waals surface area contributed by atoms with E-state index in [0.29, 0.717) is 25.3 Å². The van der Waals surface area contributed by atoms with Gasteiger partial charge in [0.05, 0.1) is 29.5 Å². The van der Waals surface area contributed by atoms with Crippen molar-refractivity contribution in [2.24, 2.45) is 5.11 Å². The van der Waals surface area contributed by atoms with Gasteiger partial charge in [0.25, 0.3) is 0 Å². The minimum atomic E-state index is -1.34. The molecular weight excluding hydrogens is 356 g/mol. The molecule has 0 spiro atoms. The zero-order valence-electron chi connectivity index (χ0n) is 13.5. The van der Waals surface area contributed by atoms with Gasteiger partial charge < -0.3 is 9.15 Å². The molecule has 134 valence electrons. The number of ether oxygens (including phenoxy) is 1. The van der Waals surface area contributed by atoms with Crippen LogP contribution in [0.4, 0.5) is 4.79 Å². The van der Waals surface area contributed by atoms with Crippen LogP contribution < -0.4 is 0 Å². The Morgan fingerprint density at radius 1 is 1.54 bits per heavy atom. The third-order valence-corrected chi connectivity index (χ3v) is 4.81. The fourth-order valence-electron chi connectivity index (χ4n) is 2.06. The Labute approximate surface area is 148 Å². The maximum atomic E-state index is 12.3. The molecule has 0 amide bonds. The summed E-state index contributed by atoms with van der Waals surface area (Å²) in [5.41, 5.74) is 7.29. The summed E-state index contributed by atoms with van der Waals surface area (Å²) in [7, 11) is 0.371. The number of azide groups is 1. The molecule has 1 heterocycles. The molecule has 0 bridgehead atoms. The maximum Gasteiger partial charge on any atom is 0.404 e. The first-order valence-electron chi connectivity index (χ1n) is 7.52. The van der Waals surface area contributed by atoms with Gasteiger partial charge >= 0.3 is 5.43 Å². The average molecular weight is 377 g/mol. The van der Waals surface area contributed by atoms with E-state index >= 15 is 0 Å². The van der Waals surface area contributed by atoms with Crippen LogP contribution in [0.25, 0.3) is 10.4 Å². The van der Waals surface area contributed by atoms with Gasteiger partial charge in [-0.2, -0.15) is 0 Å². The molecule has 0 saturated carbocycles. The largest absolute Gasteiger partial charge is 0.468 e. The van der Waals surface area contributed by atoms with Gasteiger partial charge in [-0.15, -0.1) is 0 Å². The van der Waals surface area contributed by atoms with Crippen LogP contribution in [0.5, 0.6) is 0 Å². The molecule has 0 aromatic carbocycles. The fraction of sp³-hybridized carbons (Fsp3) is 0.643. The fourth-order valence-corrected chi connectivity index (χ4v) is 3.27. The van der Waals surface area contributed by atoms with E-state index < -0.39 is 22.5 Å². The molecule has 1 rings (SSSR count). The Morgan fingerprint density at radius 2 is 2.33 bits per heavy atom. The molecule has 2 atom stereocenters. The number of unbranched alkanes of at least 4 members (excludes halogenated alkanes) is 2. The molecule has 0 aliphatic heterocycles. The number of furan rings is 1. The van der Waals surface area contributed by atoms with E-state index in [9.17, 15) is 9.00 Å². The van der Waals surface area contributed by atoms with Crippen LogP contribution in [0.3, 0.4) is 0 Å². The Bertz CT molecular complexity index is 563. The second-order valence-electron chi connectivity index (χ2n) is 5.13. The molecule has 0 aliphatic carbocycles. The van der Waals surface area contributed by atoms with Gasteiger partial charge in [-0.05, 0) is 36.9 Å². The number of hydrogen-bond acceptors (Lipinski definition) is 5. The van der Waals surface area contributed by atoms with Gasteiger partial charge in [0.15, 0.2) is 0 Å². The minimum absolute atomic E-state index is 0.173. The Morgan fingerprint density at radius 3 is 2.96 bits per heavy atom. The first kappa shape index (κ1) is 20.5. The van der Waals surface area contributed by atoms with E-state index in [1.165, 1.54) is 0 Å². The van der Waals surface area contributed by atoms with E-state index in [1.54, 1.807) is 29.7 Å². The second-order valence-corrected chi connectivity index (χ2v) is 7.04. The van der Waals surface area contributed by atoms with E-state index in [4.69, 9.17) is 26.3 Å². The zero-order valence-corrected chi connectivity index (χ0v) is 15.0. The minimum Gasteiger partial charge on any atom is -0.468 e. The lowest BCUT2D eigenvalue weighted by Gasteiger charge is -2.20. The predicted octanol–water partition coefficient (Wildman–Crippen LogP) is 3.99. The quantitative estimate of drug-likeness (QED) is 0.180. The lowest BCUT2D eigenvalue weighted by molar-refractivity contribution is 0.126. The second kappa shape index (κ2) is 11.9. The topological polar surface area (TPSA) is 109 Å².